The Kier molecular flexibility index (Phi) is 6.92. The number of benzene rings is 1. The predicted molar refractivity (Wildman–Crippen MR) is 124 cm³/mol. The molecule has 2 unspecified atom stereocenters. The Morgan fingerprint density at radius 3 is 2.56 bits per heavy atom. The highest BCUT2D eigenvalue weighted by Gasteiger charge is 2.67. The van der Waals surface area contributed by atoms with Gasteiger partial charge in [-0.1, -0.05) is 23.9 Å². The summed E-state index contributed by atoms with van der Waals surface area (Å²) in [6.07, 6.45) is 0. The number of ether oxygens (including phenoxy) is 1. The number of hydrogen-bond acceptors (Lipinski definition) is 11. The lowest BCUT2D eigenvalue weighted by atomic mass is 9.94. The number of aromatic hydroxyl groups is 1. The van der Waals surface area contributed by atoms with E-state index in [-0.39, 0.29) is 28.5 Å². The summed E-state index contributed by atoms with van der Waals surface area (Å²) in [5.74, 6) is -6.08. The number of thioether (sulfide) groups is 2. The van der Waals surface area contributed by atoms with Gasteiger partial charge in [0.2, 0.25) is 11.1 Å². The molecule has 190 valence electrons. The average molecular weight is 537 g/mol. The summed E-state index contributed by atoms with van der Waals surface area (Å²) < 4.78 is 6.81. The summed E-state index contributed by atoms with van der Waals surface area (Å²) in [7, 11) is 2.81. The molecule has 0 spiro atoms. The molecule has 2 aliphatic rings. The lowest BCUT2D eigenvalue weighted by Crippen LogP contribution is -2.81. The summed E-state index contributed by atoms with van der Waals surface area (Å²) in [6, 6.07) is 5.02. The number of phenols is 1. The van der Waals surface area contributed by atoms with Gasteiger partial charge in [0.25, 0.3) is 11.6 Å². The topological polar surface area (TPSA) is 197 Å². The second-order valence-electron chi connectivity index (χ2n) is 7.76. The van der Waals surface area contributed by atoms with Crippen molar-refractivity contribution in [3.63, 3.8) is 0 Å². The third kappa shape index (κ3) is 4.27. The second-order valence-corrected chi connectivity index (χ2v) is 9.77. The number of methoxy groups -OCH3 is 1. The first-order chi connectivity index (χ1) is 17.1. The van der Waals surface area contributed by atoms with E-state index in [0.717, 1.165) is 4.90 Å². The van der Waals surface area contributed by atoms with Crippen LogP contribution in [-0.2, 0) is 31.0 Å². The number of carbonyl (C=O) groups excluding carboxylic acids is 2. The number of fused-ring (bicyclic) bond motifs is 1. The monoisotopic (exact) mass is 536 g/mol. The van der Waals surface area contributed by atoms with Crippen LogP contribution in [-0.4, -0.2) is 93.9 Å². The maximum Gasteiger partial charge on any atom is 0.352 e. The molecule has 1 saturated heterocycles. The molecule has 4 N–H and O–H groups in total. The number of hydrogen-bond donors (Lipinski definition) is 4. The summed E-state index contributed by atoms with van der Waals surface area (Å²) in [5.41, 5.74) is -1.66. The number of nitrogens with one attached hydrogen (secondary N) is 1. The molecule has 16 heteroatoms. The highest BCUT2D eigenvalue weighted by Crippen LogP contribution is 2.47. The molecule has 2 aromatic rings. The average Bonchev–Trinajstić information content (AvgIpc) is 3.25. The Morgan fingerprint density at radius 1 is 1.31 bits per heavy atom. The largest absolute Gasteiger partial charge is 0.508 e. The molecule has 36 heavy (non-hydrogen) atoms. The number of carboxylic acids is 2. The van der Waals surface area contributed by atoms with Gasteiger partial charge < -0.3 is 25.4 Å². The van der Waals surface area contributed by atoms with Crippen molar-refractivity contribution in [3.8, 4) is 5.75 Å². The number of phenolic OH excluding ortho intramolecular Hbond substituents is 1. The molecule has 1 aromatic heterocycles. The van der Waals surface area contributed by atoms with E-state index in [2.05, 4.69) is 20.8 Å². The first-order valence-corrected chi connectivity index (χ1v) is 12.3. The van der Waals surface area contributed by atoms with Crippen LogP contribution >= 0.6 is 23.5 Å². The highest BCUT2D eigenvalue weighted by molar-refractivity contribution is 8.01. The van der Waals surface area contributed by atoms with Gasteiger partial charge in [0.15, 0.2) is 5.92 Å². The first-order valence-electron chi connectivity index (χ1n) is 10.2. The summed E-state index contributed by atoms with van der Waals surface area (Å²) in [6.45, 7) is 0. The van der Waals surface area contributed by atoms with E-state index in [1.807, 2.05) is 0 Å². The third-order valence-electron chi connectivity index (χ3n) is 5.64. The number of aromatic nitrogens is 4. The number of aliphatic carboxylic acids is 2. The summed E-state index contributed by atoms with van der Waals surface area (Å²) in [5, 5.41) is 42.0. The molecule has 1 aromatic carbocycles. The number of aryl methyl sites for hydroxylation is 1. The minimum absolute atomic E-state index is 0.0766. The van der Waals surface area contributed by atoms with Crippen molar-refractivity contribution in [2.24, 2.45) is 7.05 Å². The van der Waals surface area contributed by atoms with E-state index in [1.54, 1.807) is 7.05 Å². The van der Waals surface area contributed by atoms with Gasteiger partial charge in [0.1, 0.15) is 16.8 Å². The minimum Gasteiger partial charge on any atom is -0.508 e. The highest BCUT2D eigenvalue weighted by atomic mass is 32.2. The van der Waals surface area contributed by atoms with Gasteiger partial charge in [0.05, 0.1) is 0 Å². The lowest BCUT2D eigenvalue weighted by molar-refractivity contribution is -0.193. The van der Waals surface area contributed by atoms with Gasteiger partial charge in [0, 0.05) is 25.7 Å². The van der Waals surface area contributed by atoms with E-state index in [4.69, 9.17) is 4.74 Å². The van der Waals surface area contributed by atoms with Gasteiger partial charge in [-0.3, -0.25) is 19.3 Å². The van der Waals surface area contributed by atoms with Gasteiger partial charge in [-0.15, -0.1) is 16.9 Å². The van der Waals surface area contributed by atoms with Crippen molar-refractivity contribution in [1.82, 2.24) is 30.4 Å². The number of carbonyl (C=O) groups is 4. The quantitative estimate of drug-likeness (QED) is 0.140. The van der Waals surface area contributed by atoms with Crippen LogP contribution in [0.25, 0.3) is 0 Å². The van der Waals surface area contributed by atoms with E-state index in [0.29, 0.717) is 10.7 Å². The second kappa shape index (κ2) is 9.79. The smallest absolute Gasteiger partial charge is 0.352 e. The Morgan fingerprint density at radius 2 is 2.00 bits per heavy atom. The molecule has 3 atom stereocenters. The number of β-lactam (4-membered cyclic amide) rings is 1. The fourth-order valence-electron chi connectivity index (χ4n) is 3.88. The van der Waals surface area contributed by atoms with Crippen LogP contribution in [0.5, 0.6) is 5.75 Å². The first kappa shape index (κ1) is 25.5. The summed E-state index contributed by atoms with van der Waals surface area (Å²) in [4.78, 5) is 51.3. The molecular formula is C20H20N6O8S2. The van der Waals surface area contributed by atoms with Gasteiger partial charge in [-0.25, -0.2) is 9.48 Å². The number of carboxylic acid groups (broad SMARTS) is 2. The molecule has 1 fully saturated rings. The predicted octanol–water partition coefficient (Wildman–Crippen LogP) is -0.411. The maximum atomic E-state index is 13.3. The lowest BCUT2D eigenvalue weighted by Gasteiger charge is -2.56. The Labute approximate surface area is 211 Å². The maximum absolute atomic E-state index is 13.3. The van der Waals surface area contributed by atoms with Crippen LogP contribution in [0.1, 0.15) is 11.5 Å². The van der Waals surface area contributed by atoms with Crippen molar-refractivity contribution in [1.29, 1.82) is 0 Å². The molecule has 0 radical (unpaired) electrons. The van der Waals surface area contributed by atoms with Crippen LogP contribution in [0.2, 0.25) is 0 Å². The molecule has 3 heterocycles. The Hall–Kier alpha value is -3.63. The summed E-state index contributed by atoms with van der Waals surface area (Å²) >= 11 is 2.37. The zero-order valence-corrected chi connectivity index (χ0v) is 20.4. The number of rotatable bonds is 9. The number of tetrazole rings is 1. The van der Waals surface area contributed by atoms with Gasteiger partial charge in [-0.05, 0) is 33.7 Å². The zero-order chi connectivity index (χ0) is 26.2. The molecule has 14 nitrogen and oxygen atoms in total. The number of amides is 2. The Bertz CT molecular complexity index is 1270. The van der Waals surface area contributed by atoms with Crippen molar-refractivity contribution in [3.05, 3.63) is 41.1 Å². The zero-order valence-electron chi connectivity index (χ0n) is 18.8. The normalized spacial score (nSPS) is 22.0. The fraction of sp³-hybridized carbons (Fsp3) is 0.350. The fourth-order valence-corrected chi connectivity index (χ4v) is 6.31. The van der Waals surface area contributed by atoms with Gasteiger partial charge in [-0.2, -0.15) is 0 Å². The van der Waals surface area contributed by atoms with Crippen LogP contribution in [0.15, 0.2) is 40.7 Å². The molecular weight excluding hydrogens is 516 g/mol. The molecule has 0 saturated carbocycles. The minimum atomic E-state index is -1.96. The van der Waals surface area contributed by atoms with E-state index in [1.165, 1.54) is 59.6 Å². The molecule has 4 rings (SSSR count). The SMILES string of the molecule is CO[C@@]1(NC(=O)C(C(=O)O)c2ccc(O)cc2)C(=O)N2C(C(=O)O)=C(CSc3nnnn3C)CSC21. The molecule has 0 aliphatic carbocycles. The van der Waals surface area contributed by atoms with Crippen molar-refractivity contribution in [2.45, 2.75) is 22.2 Å². The van der Waals surface area contributed by atoms with Crippen molar-refractivity contribution in [2.75, 3.05) is 18.6 Å². The Balaban J connectivity index is 1.58. The third-order valence-corrected chi connectivity index (χ3v) is 8.11. The van der Waals surface area contributed by atoms with Gasteiger partial charge >= 0.3 is 11.9 Å². The van der Waals surface area contributed by atoms with E-state index in [9.17, 15) is 34.5 Å². The van der Waals surface area contributed by atoms with Crippen LogP contribution in [0.3, 0.4) is 0 Å². The van der Waals surface area contributed by atoms with E-state index >= 15 is 0 Å². The standard InChI is InChI=1S/C20H20N6O8S2/c1-25-19(22-23-24-25)36-8-10-7-35-18-20(34-2,17(33)26(18)13(10)16(31)32)21-14(28)12(15(29)30)9-3-5-11(27)6-4-9/h3-6,12,18,27H,7-8H2,1-2H3,(H,21,28)(H,29,30)(H,31,32)/t12?,18?,20-/m0/s1. The van der Waals surface area contributed by atoms with E-state index < -0.39 is 40.8 Å². The van der Waals surface area contributed by atoms with Crippen LogP contribution < -0.4 is 5.32 Å². The molecule has 2 aliphatic heterocycles. The van der Waals surface area contributed by atoms with Crippen molar-refractivity contribution >= 4 is 47.3 Å². The molecule has 0 bridgehead atoms. The van der Waals surface area contributed by atoms with Crippen LogP contribution in [0, 0.1) is 0 Å². The number of nitrogens with zero attached hydrogens (tertiary/aromatic N) is 5. The van der Waals surface area contributed by atoms with Crippen molar-refractivity contribution < 1.29 is 39.2 Å². The van der Waals surface area contributed by atoms with Crippen LogP contribution in [0.4, 0.5) is 0 Å². The molecule has 2 amide bonds.